The highest BCUT2D eigenvalue weighted by Crippen LogP contribution is 2.30. The molecule has 26 heavy (non-hydrogen) atoms. The molecule has 0 saturated carbocycles. The maximum Gasteiger partial charge on any atom is 0.166 e. The zero-order chi connectivity index (χ0) is 19.2. The highest BCUT2D eigenvalue weighted by atomic mass is 79.9. The molecule has 1 saturated heterocycles. The first kappa shape index (κ1) is 23.1. The summed E-state index contributed by atoms with van der Waals surface area (Å²) in [7, 11) is 0. The van der Waals surface area contributed by atoms with Crippen LogP contribution in [0.3, 0.4) is 0 Å². The summed E-state index contributed by atoms with van der Waals surface area (Å²) in [5.41, 5.74) is 3.50. The summed E-state index contributed by atoms with van der Waals surface area (Å²) in [5, 5.41) is 1.10. The van der Waals surface area contributed by atoms with Crippen LogP contribution in [0.2, 0.25) is 0 Å². The SMILES string of the molecule is C1CCOC1.C=CCCCBr.CCCCC1Cc2cc(C)ccc2C1=O. The molecule has 146 valence electrons. The molecule has 0 aromatic heterocycles. The Morgan fingerprint density at radius 2 is 2.00 bits per heavy atom. The largest absolute Gasteiger partial charge is 0.381 e. The van der Waals surface area contributed by atoms with Crippen LogP contribution in [0, 0.1) is 12.8 Å². The first-order valence-corrected chi connectivity index (χ1v) is 11.1. The van der Waals surface area contributed by atoms with Crippen LogP contribution in [0.25, 0.3) is 0 Å². The van der Waals surface area contributed by atoms with E-state index >= 15 is 0 Å². The van der Waals surface area contributed by atoms with Gasteiger partial charge < -0.3 is 4.74 Å². The van der Waals surface area contributed by atoms with E-state index in [1.54, 1.807) is 0 Å². The number of alkyl halides is 1. The second-order valence-corrected chi connectivity index (χ2v) is 7.80. The molecule has 3 rings (SSSR count). The van der Waals surface area contributed by atoms with Crippen molar-refractivity contribution in [2.75, 3.05) is 18.5 Å². The Morgan fingerprint density at radius 1 is 1.27 bits per heavy atom. The van der Waals surface area contributed by atoms with Crippen molar-refractivity contribution in [1.82, 2.24) is 0 Å². The molecular formula is C23H35BrO2. The van der Waals surface area contributed by atoms with Crippen LogP contribution in [0.1, 0.15) is 73.4 Å². The average molecular weight is 423 g/mol. The summed E-state index contributed by atoms with van der Waals surface area (Å²) in [6.07, 6.45) is 11.2. The summed E-state index contributed by atoms with van der Waals surface area (Å²) in [5.74, 6) is 0.639. The lowest BCUT2D eigenvalue weighted by atomic mass is 9.98. The van der Waals surface area contributed by atoms with E-state index in [0.717, 1.165) is 43.4 Å². The molecule has 0 amide bonds. The van der Waals surface area contributed by atoms with E-state index in [1.165, 1.54) is 43.2 Å². The van der Waals surface area contributed by atoms with Gasteiger partial charge in [0, 0.05) is 30.0 Å². The zero-order valence-electron chi connectivity index (χ0n) is 16.6. The van der Waals surface area contributed by atoms with Crippen molar-refractivity contribution < 1.29 is 9.53 Å². The monoisotopic (exact) mass is 422 g/mol. The quantitative estimate of drug-likeness (QED) is 0.290. The molecule has 3 heteroatoms. The van der Waals surface area contributed by atoms with Gasteiger partial charge in [-0.15, -0.1) is 6.58 Å². The van der Waals surface area contributed by atoms with Gasteiger partial charge in [0.05, 0.1) is 0 Å². The normalized spacial score (nSPS) is 17.7. The number of allylic oxidation sites excluding steroid dienone is 1. The Morgan fingerprint density at radius 3 is 2.50 bits per heavy atom. The van der Waals surface area contributed by atoms with Gasteiger partial charge in [0.1, 0.15) is 0 Å². The number of fused-ring (bicyclic) bond motifs is 1. The van der Waals surface area contributed by atoms with E-state index < -0.39 is 0 Å². The van der Waals surface area contributed by atoms with Gasteiger partial charge in [-0.1, -0.05) is 65.5 Å². The highest BCUT2D eigenvalue weighted by Gasteiger charge is 2.29. The molecule has 1 fully saturated rings. The maximum absolute atomic E-state index is 12.0. The minimum atomic E-state index is 0.266. The molecule has 2 aliphatic rings. The molecule has 1 aliphatic heterocycles. The van der Waals surface area contributed by atoms with Crippen LogP contribution >= 0.6 is 15.9 Å². The number of ketones is 1. The lowest BCUT2D eigenvalue weighted by Crippen LogP contribution is -2.08. The van der Waals surface area contributed by atoms with Gasteiger partial charge in [-0.25, -0.2) is 0 Å². The third-order valence-corrected chi connectivity index (χ3v) is 5.20. The third-order valence-electron chi connectivity index (χ3n) is 4.64. The van der Waals surface area contributed by atoms with Gasteiger partial charge >= 0.3 is 0 Å². The Bertz CT molecular complexity index is 527. The van der Waals surface area contributed by atoms with Crippen LogP contribution in [-0.4, -0.2) is 24.3 Å². The van der Waals surface area contributed by atoms with E-state index in [2.05, 4.69) is 42.4 Å². The van der Waals surface area contributed by atoms with Crippen molar-refractivity contribution >= 4 is 21.7 Å². The standard InChI is InChI=1S/C14H18O.C5H9Br.C4H8O/c1-3-4-5-11-9-12-8-10(2)6-7-13(12)14(11)15;1-2-3-4-5-6;1-2-4-5-3-1/h6-8,11H,3-5,9H2,1-2H3;2H,1,3-5H2;1-4H2. The summed E-state index contributed by atoms with van der Waals surface area (Å²) in [6.45, 7) is 9.84. The van der Waals surface area contributed by atoms with Crippen molar-refractivity contribution in [2.24, 2.45) is 5.92 Å². The molecule has 0 N–H and O–H groups in total. The smallest absolute Gasteiger partial charge is 0.166 e. The molecule has 0 radical (unpaired) electrons. The van der Waals surface area contributed by atoms with Gasteiger partial charge in [0.15, 0.2) is 5.78 Å². The van der Waals surface area contributed by atoms with Crippen molar-refractivity contribution in [3.8, 4) is 0 Å². The molecule has 2 nitrogen and oxygen atoms in total. The van der Waals surface area contributed by atoms with E-state index in [0.29, 0.717) is 5.78 Å². The van der Waals surface area contributed by atoms with Gasteiger partial charge in [-0.3, -0.25) is 4.79 Å². The second-order valence-electron chi connectivity index (χ2n) is 7.01. The summed E-state index contributed by atoms with van der Waals surface area (Å²) in [4.78, 5) is 12.0. The Balaban J connectivity index is 0.000000253. The Hall–Kier alpha value is -0.930. The predicted molar refractivity (Wildman–Crippen MR) is 116 cm³/mol. The number of benzene rings is 1. The molecule has 0 bridgehead atoms. The van der Waals surface area contributed by atoms with E-state index in [4.69, 9.17) is 4.74 Å². The second kappa shape index (κ2) is 14.2. The highest BCUT2D eigenvalue weighted by molar-refractivity contribution is 9.09. The minimum Gasteiger partial charge on any atom is -0.381 e. The van der Waals surface area contributed by atoms with Crippen molar-refractivity contribution in [1.29, 1.82) is 0 Å². The first-order valence-electron chi connectivity index (χ1n) is 10.0. The fourth-order valence-electron chi connectivity index (χ4n) is 3.13. The van der Waals surface area contributed by atoms with Gasteiger partial charge in [0.25, 0.3) is 0 Å². The summed E-state index contributed by atoms with van der Waals surface area (Å²) in [6, 6.07) is 6.21. The fraction of sp³-hybridized carbons (Fsp3) is 0.609. The van der Waals surface area contributed by atoms with Gasteiger partial charge in [0.2, 0.25) is 0 Å². The number of unbranched alkanes of at least 4 members (excludes halogenated alkanes) is 2. The molecule has 1 atom stereocenters. The summed E-state index contributed by atoms with van der Waals surface area (Å²) < 4.78 is 4.94. The number of ether oxygens (including phenoxy) is 1. The number of Topliss-reactive ketones (excluding diaryl/α,β-unsaturated/α-hetero) is 1. The van der Waals surface area contributed by atoms with E-state index in [-0.39, 0.29) is 5.92 Å². The molecule has 1 aromatic rings. The fourth-order valence-corrected chi connectivity index (χ4v) is 3.45. The maximum atomic E-state index is 12.0. The number of halogens is 1. The molecule has 0 spiro atoms. The zero-order valence-corrected chi connectivity index (χ0v) is 18.2. The number of carbonyl (C=O) groups is 1. The number of carbonyl (C=O) groups excluding carboxylic acids is 1. The third kappa shape index (κ3) is 8.64. The van der Waals surface area contributed by atoms with Gasteiger partial charge in [-0.05, 0) is 51.0 Å². The Labute approximate surface area is 168 Å². The lowest BCUT2D eigenvalue weighted by molar-refractivity contribution is 0.0929. The Kier molecular flexibility index (Phi) is 12.6. The first-order chi connectivity index (χ1) is 12.6. The molecular weight excluding hydrogens is 388 g/mol. The van der Waals surface area contributed by atoms with Crippen molar-refractivity contribution in [2.45, 2.75) is 65.2 Å². The molecule has 1 unspecified atom stereocenters. The predicted octanol–water partition coefficient (Wildman–Crippen LogP) is 6.68. The molecule has 1 heterocycles. The van der Waals surface area contributed by atoms with Crippen LogP contribution in [0.5, 0.6) is 0 Å². The van der Waals surface area contributed by atoms with Crippen LogP contribution in [0.15, 0.2) is 30.9 Å². The average Bonchev–Trinajstić information content (AvgIpc) is 3.31. The van der Waals surface area contributed by atoms with Gasteiger partial charge in [-0.2, -0.15) is 0 Å². The van der Waals surface area contributed by atoms with Crippen molar-refractivity contribution in [3.05, 3.63) is 47.5 Å². The number of rotatable bonds is 6. The van der Waals surface area contributed by atoms with Crippen LogP contribution < -0.4 is 0 Å². The van der Waals surface area contributed by atoms with Crippen LogP contribution in [-0.2, 0) is 11.2 Å². The van der Waals surface area contributed by atoms with Crippen molar-refractivity contribution in [3.63, 3.8) is 0 Å². The minimum absolute atomic E-state index is 0.266. The molecule has 1 aliphatic carbocycles. The number of hydrogen-bond donors (Lipinski definition) is 0. The van der Waals surface area contributed by atoms with Crippen LogP contribution in [0.4, 0.5) is 0 Å². The van der Waals surface area contributed by atoms with E-state index in [9.17, 15) is 4.79 Å². The number of aryl methyl sites for hydroxylation is 1. The number of hydrogen-bond acceptors (Lipinski definition) is 2. The molecule has 1 aromatic carbocycles. The topological polar surface area (TPSA) is 26.3 Å². The summed E-state index contributed by atoms with van der Waals surface area (Å²) >= 11 is 3.30. The lowest BCUT2D eigenvalue weighted by Gasteiger charge is -2.05. The van der Waals surface area contributed by atoms with E-state index in [1.807, 2.05) is 18.2 Å².